The summed E-state index contributed by atoms with van der Waals surface area (Å²) < 4.78 is 4.98. The molecule has 25 heavy (non-hydrogen) atoms. The first-order valence-corrected chi connectivity index (χ1v) is 8.44. The molecule has 7 heteroatoms. The van der Waals surface area contributed by atoms with Crippen molar-refractivity contribution in [1.82, 2.24) is 10.3 Å². The van der Waals surface area contributed by atoms with Crippen LogP contribution < -0.4 is 5.32 Å². The van der Waals surface area contributed by atoms with Gasteiger partial charge < -0.3 is 10.1 Å². The summed E-state index contributed by atoms with van der Waals surface area (Å²) in [7, 11) is 1.35. The van der Waals surface area contributed by atoms with E-state index in [1.165, 1.54) is 18.4 Å². The second kappa shape index (κ2) is 6.49. The standard InChI is InChI=1S/C18H16N4O2S/c1-11-14(17(23)24-3)18(2,13-6-4-12(10-19)5-7-13)22-15(21-11)16-20-8-9-25-16/h4-9H,1-3H3,(H,21,22). The van der Waals surface area contributed by atoms with Gasteiger partial charge in [-0.15, -0.1) is 11.3 Å². The van der Waals surface area contributed by atoms with Crippen LogP contribution in [0.3, 0.4) is 0 Å². The summed E-state index contributed by atoms with van der Waals surface area (Å²) in [5.41, 5.74) is 1.49. The largest absolute Gasteiger partial charge is 0.466 e. The molecule has 2 heterocycles. The maximum Gasteiger partial charge on any atom is 0.338 e. The van der Waals surface area contributed by atoms with Gasteiger partial charge in [0.05, 0.1) is 24.3 Å². The Bertz CT molecular complexity index is 908. The first-order valence-electron chi connectivity index (χ1n) is 7.56. The minimum absolute atomic E-state index is 0.431. The molecule has 126 valence electrons. The van der Waals surface area contributed by atoms with E-state index in [9.17, 15) is 4.79 Å². The van der Waals surface area contributed by atoms with Crippen LogP contribution in [0.25, 0.3) is 0 Å². The first-order chi connectivity index (χ1) is 12.0. The van der Waals surface area contributed by atoms with Crippen molar-refractivity contribution in [3.63, 3.8) is 0 Å². The number of nitrogens with one attached hydrogen (secondary N) is 1. The Balaban J connectivity index is 2.18. The molecule has 1 atom stereocenters. The number of hydrogen-bond donors (Lipinski definition) is 1. The number of rotatable bonds is 3. The number of ether oxygens (including phenoxy) is 1. The molecule has 1 aliphatic rings. The number of allylic oxidation sites excluding steroid dienone is 1. The molecule has 0 radical (unpaired) electrons. The average Bonchev–Trinajstić information content (AvgIpc) is 3.15. The molecular formula is C18H16N4O2S. The Labute approximate surface area is 149 Å². The fourth-order valence-electron chi connectivity index (χ4n) is 2.89. The summed E-state index contributed by atoms with van der Waals surface area (Å²) >= 11 is 1.46. The van der Waals surface area contributed by atoms with Crippen LogP contribution in [0.2, 0.25) is 0 Å². The van der Waals surface area contributed by atoms with E-state index in [2.05, 4.69) is 16.4 Å². The second-order valence-corrected chi connectivity index (χ2v) is 6.57. The number of carbonyl (C=O) groups is 1. The van der Waals surface area contributed by atoms with Gasteiger partial charge in [0.2, 0.25) is 0 Å². The molecule has 0 bridgehead atoms. The van der Waals surface area contributed by atoms with Crippen LogP contribution in [0.4, 0.5) is 0 Å². The van der Waals surface area contributed by atoms with Gasteiger partial charge in [-0.25, -0.2) is 14.8 Å². The van der Waals surface area contributed by atoms with Crippen LogP contribution in [0.5, 0.6) is 0 Å². The number of aromatic nitrogens is 1. The number of hydrogen-bond acceptors (Lipinski definition) is 7. The van der Waals surface area contributed by atoms with Crippen molar-refractivity contribution in [2.75, 3.05) is 7.11 Å². The molecule has 1 unspecified atom stereocenters. The Morgan fingerprint density at radius 2 is 2.08 bits per heavy atom. The summed E-state index contributed by atoms with van der Waals surface area (Å²) in [4.78, 5) is 21.5. The molecule has 2 aromatic rings. The van der Waals surface area contributed by atoms with Crippen molar-refractivity contribution in [3.05, 3.63) is 63.2 Å². The van der Waals surface area contributed by atoms with E-state index in [-0.39, 0.29) is 0 Å². The van der Waals surface area contributed by atoms with E-state index in [1.807, 2.05) is 31.4 Å². The smallest absolute Gasteiger partial charge is 0.338 e. The van der Waals surface area contributed by atoms with Gasteiger partial charge in [-0.1, -0.05) is 12.1 Å². The van der Waals surface area contributed by atoms with E-state index in [0.717, 1.165) is 10.6 Å². The summed E-state index contributed by atoms with van der Waals surface area (Å²) in [6.07, 6.45) is 1.71. The number of esters is 1. The normalized spacial score (nSPS) is 19.7. The maximum absolute atomic E-state index is 12.4. The number of thiazole rings is 1. The van der Waals surface area contributed by atoms with E-state index >= 15 is 0 Å². The van der Waals surface area contributed by atoms with Gasteiger partial charge in [0, 0.05) is 17.3 Å². The Morgan fingerprint density at radius 1 is 1.36 bits per heavy atom. The summed E-state index contributed by atoms with van der Waals surface area (Å²) in [6.45, 7) is 3.68. The topological polar surface area (TPSA) is 87.4 Å². The van der Waals surface area contributed by atoms with Crippen LogP contribution in [0.1, 0.15) is 30.0 Å². The van der Waals surface area contributed by atoms with Crippen molar-refractivity contribution < 1.29 is 9.53 Å². The minimum atomic E-state index is -0.947. The SMILES string of the molecule is COC(=O)C1=C(C)NC(c2nccs2)=NC1(C)c1ccc(C#N)cc1. The maximum atomic E-state index is 12.4. The highest BCUT2D eigenvalue weighted by Gasteiger charge is 2.41. The zero-order valence-corrected chi connectivity index (χ0v) is 14.8. The molecule has 3 rings (SSSR count). The van der Waals surface area contributed by atoms with Crippen molar-refractivity contribution in [3.8, 4) is 6.07 Å². The van der Waals surface area contributed by atoms with Gasteiger partial charge in [-0.3, -0.25) is 0 Å². The summed E-state index contributed by atoms with van der Waals surface area (Å²) in [5, 5.41) is 14.8. The van der Waals surface area contributed by atoms with Gasteiger partial charge in [-0.05, 0) is 31.5 Å². The molecule has 1 aromatic heterocycles. The zero-order chi connectivity index (χ0) is 18.0. The lowest BCUT2D eigenvalue weighted by Gasteiger charge is -2.34. The quantitative estimate of drug-likeness (QED) is 0.858. The third-order valence-corrected chi connectivity index (χ3v) is 4.88. The Morgan fingerprint density at radius 3 is 2.64 bits per heavy atom. The molecule has 0 saturated heterocycles. The monoisotopic (exact) mass is 352 g/mol. The molecule has 1 N–H and O–H groups in total. The summed E-state index contributed by atoms with van der Waals surface area (Å²) in [6, 6.07) is 9.14. The third kappa shape index (κ3) is 2.92. The predicted molar refractivity (Wildman–Crippen MR) is 95.0 cm³/mol. The number of amidine groups is 1. The first kappa shape index (κ1) is 16.9. The lowest BCUT2D eigenvalue weighted by molar-refractivity contribution is -0.137. The van der Waals surface area contributed by atoms with Gasteiger partial charge in [0.1, 0.15) is 5.54 Å². The Hall–Kier alpha value is -2.98. The number of benzene rings is 1. The summed E-state index contributed by atoms with van der Waals surface area (Å²) in [5.74, 6) is 0.158. The molecular weight excluding hydrogens is 336 g/mol. The van der Waals surface area contributed by atoms with Gasteiger partial charge in [0.25, 0.3) is 0 Å². The van der Waals surface area contributed by atoms with Gasteiger partial charge in [0.15, 0.2) is 10.8 Å². The van der Waals surface area contributed by atoms with Crippen LogP contribution in [-0.2, 0) is 15.1 Å². The van der Waals surface area contributed by atoms with Crippen LogP contribution in [-0.4, -0.2) is 23.9 Å². The Kier molecular flexibility index (Phi) is 4.38. The van der Waals surface area contributed by atoms with E-state index < -0.39 is 11.5 Å². The highest BCUT2D eigenvalue weighted by atomic mass is 32.1. The molecule has 6 nitrogen and oxygen atoms in total. The third-order valence-electron chi connectivity index (χ3n) is 4.10. The fourth-order valence-corrected chi connectivity index (χ4v) is 3.47. The zero-order valence-electron chi connectivity index (χ0n) is 14.0. The molecule has 0 amide bonds. The van der Waals surface area contributed by atoms with Crippen molar-refractivity contribution in [2.24, 2.45) is 4.99 Å². The average molecular weight is 352 g/mol. The van der Waals surface area contributed by atoms with E-state index in [4.69, 9.17) is 15.0 Å². The number of aliphatic imine (C=N–C) groups is 1. The molecule has 1 aliphatic heterocycles. The highest BCUT2D eigenvalue weighted by molar-refractivity contribution is 7.11. The number of methoxy groups -OCH3 is 1. The molecule has 1 aromatic carbocycles. The van der Waals surface area contributed by atoms with Crippen LogP contribution in [0, 0.1) is 11.3 Å². The molecule has 0 fully saturated rings. The molecule has 0 aliphatic carbocycles. The lowest BCUT2D eigenvalue weighted by Crippen LogP contribution is -2.40. The highest BCUT2D eigenvalue weighted by Crippen LogP contribution is 2.38. The number of carbonyl (C=O) groups excluding carboxylic acids is 1. The van der Waals surface area contributed by atoms with E-state index in [0.29, 0.717) is 22.7 Å². The van der Waals surface area contributed by atoms with E-state index in [1.54, 1.807) is 18.3 Å². The predicted octanol–water partition coefficient (Wildman–Crippen LogP) is 2.73. The molecule has 0 saturated carbocycles. The fraction of sp³-hybridized carbons (Fsp3) is 0.222. The van der Waals surface area contributed by atoms with Gasteiger partial charge >= 0.3 is 5.97 Å². The van der Waals surface area contributed by atoms with Crippen molar-refractivity contribution in [2.45, 2.75) is 19.4 Å². The number of nitriles is 1. The lowest BCUT2D eigenvalue weighted by atomic mass is 9.82. The van der Waals surface area contributed by atoms with Crippen LogP contribution in [0.15, 0.2) is 52.1 Å². The van der Waals surface area contributed by atoms with Crippen molar-refractivity contribution >= 4 is 23.1 Å². The number of nitrogens with zero attached hydrogens (tertiary/aromatic N) is 3. The van der Waals surface area contributed by atoms with Crippen molar-refractivity contribution in [1.29, 1.82) is 5.26 Å². The van der Waals surface area contributed by atoms with Crippen LogP contribution >= 0.6 is 11.3 Å². The van der Waals surface area contributed by atoms with Gasteiger partial charge in [-0.2, -0.15) is 5.26 Å². The molecule has 0 spiro atoms. The second-order valence-electron chi connectivity index (χ2n) is 5.68. The minimum Gasteiger partial charge on any atom is -0.466 e.